The summed E-state index contributed by atoms with van der Waals surface area (Å²) in [7, 11) is 0. The first kappa shape index (κ1) is 11.9. The summed E-state index contributed by atoms with van der Waals surface area (Å²) >= 11 is 3.45. The van der Waals surface area contributed by atoms with Gasteiger partial charge in [0.1, 0.15) is 5.75 Å². The predicted octanol–water partition coefficient (Wildman–Crippen LogP) is 3.84. The highest BCUT2D eigenvalue weighted by Crippen LogP contribution is 2.31. The van der Waals surface area contributed by atoms with Crippen molar-refractivity contribution in [3.8, 4) is 11.6 Å². The normalized spacial score (nSPS) is 10.3. The number of ether oxygens (including phenoxy) is 1. The van der Waals surface area contributed by atoms with Crippen molar-refractivity contribution in [2.75, 3.05) is 5.73 Å². The molecule has 4 heteroatoms. The SMILES string of the molecule is Cc1ccc(Oc2nc(C)ccc2N)c(Br)c1. The fourth-order valence-electron chi connectivity index (χ4n) is 1.42. The monoisotopic (exact) mass is 292 g/mol. The number of hydrogen-bond acceptors (Lipinski definition) is 3. The maximum atomic E-state index is 5.81. The summed E-state index contributed by atoms with van der Waals surface area (Å²) < 4.78 is 6.58. The van der Waals surface area contributed by atoms with E-state index in [9.17, 15) is 0 Å². The number of pyridine rings is 1. The molecule has 0 unspecified atom stereocenters. The fourth-order valence-corrected chi connectivity index (χ4v) is 1.99. The van der Waals surface area contributed by atoms with E-state index in [0.717, 1.165) is 15.7 Å². The van der Waals surface area contributed by atoms with Gasteiger partial charge in [0, 0.05) is 5.69 Å². The van der Waals surface area contributed by atoms with Crippen molar-refractivity contribution >= 4 is 21.6 Å². The number of nitrogen functional groups attached to an aromatic ring is 1. The van der Waals surface area contributed by atoms with Crippen LogP contribution >= 0.6 is 15.9 Å². The van der Waals surface area contributed by atoms with Gasteiger partial charge in [0.2, 0.25) is 5.88 Å². The van der Waals surface area contributed by atoms with Crippen molar-refractivity contribution in [2.24, 2.45) is 0 Å². The van der Waals surface area contributed by atoms with Gasteiger partial charge in [-0.25, -0.2) is 4.98 Å². The quantitative estimate of drug-likeness (QED) is 0.915. The van der Waals surface area contributed by atoms with Crippen molar-refractivity contribution in [1.29, 1.82) is 0 Å². The maximum absolute atomic E-state index is 5.81. The Kier molecular flexibility index (Phi) is 3.33. The Labute approximate surface area is 109 Å². The number of aryl methyl sites for hydroxylation is 2. The molecule has 2 rings (SSSR count). The third-order valence-corrected chi connectivity index (χ3v) is 2.94. The third-order valence-electron chi connectivity index (χ3n) is 2.32. The molecule has 0 saturated carbocycles. The van der Waals surface area contributed by atoms with Crippen LogP contribution in [0.25, 0.3) is 0 Å². The molecule has 0 aliphatic carbocycles. The first-order valence-corrected chi connectivity index (χ1v) is 6.02. The molecule has 88 valence electrons. The molecule has 0 aliphatic heterocycles. The van der Waals surface area contributed by atoms with Crippen LogP contribution < -0.4 is 10.5 Å². The lowest BCUT2D eigenvalue weighted by molar-refractivity contribution is 0.461. The molecule has 0 bridgehead atoms. The first-order chi connectivity index (χ1) is 8.06. The van der Waals surface area contributed by atoms with Crippen molar-refractivity contribution in [2.45, 2.75) is 13.8 Å². The lowest BCUT2D eigenvalue weighted by atomic mass is 10.2. The molecule has 1 heterocycles. The van der Waals surface area contributed by atoms with Gasteiger partial charge in [0.25, 0.3) is 0 Å². The predicted molar refractivity (Wildman–Crippen MR) is 72.3 cm³/mol. The number of rotatable bonds is 2. The number of nitrogens with zero attached hydrogens (tertiary/aromatic N) is 1. The van der Waals surface area contributed by atoms with Crippen LogP contribution in [0.15, 0.2) is 34.8 Å². The van der Waals surface area contributed by atoms with Crippen LogP contribution in [0.3, 0.4) is 0 Å². The smallest absolute Gasteiger partial charge is 0.242 e. The van der Waals surface area contributed by atoms with Gasteiger partial charge in [-0.05, 0) is 59.6 Å². The molecule has 3 nitrogen and oxygen atoms in total. The topological polar surface area (TPSA) is 48.1 Å². The maximum Gasteiger partial charge on any atom is 0.242 e. The minimum atomic E-state index is 0.439. The van der Waals surface area contributed by atoms with Crippen molar-refractivity contribution < 1.29 is 4.74 Å². The third kappa shape index (κ3) is 2.77. The Morgan fingerprint density at radius 3 is 2.65 bits per heavy atom. The molecule has 0 radical (unpaired) electrons. The van der Waals surface area contributed by atoms with E-state index in [1.165, 1.54) is 0 Å². The number of halogens is 1. The van der Waals surface area contributed by atoms with E-state index in [4.69, 9.17) is 10.5 Å². The van der Waals surface area contributed by atoms with E-state index in [-0.39, 0.29) is 0 Å². The Morgan fingerprint density at radius 1 is 1.18 bits per heavy atom. The second kappa shape index (κ2) is 4.75. The van der Waals surface area contributed by atoms with Gasteiger partial charge in [0.15, 0.2) is 0 Å². The van der Waals surface area contributed by atoms with Crippen LogP contribution in [0.2, 0.25) is 0 Å². The second-order valence-corrected chi connectivity index (χ2v) is 4.74. The minimum absolute atomic E-state index is 0.439. The standard InChI is InChI=1S/C13H13BrN2O/c1-8-3-6-12(10(14)7-8)17-13-11(15)5-4-9(2)16-13/h3-7H,15H2,1-2H3. The van der Waals surface area contributed by atoms with Crippen LogP contribution in [-0.4, -0.2) is 4.98 Å². The minimum Gasteiger partial charge on any atom is -0.436 e. The Hall–Kier alpha value is -1.55. The molecule has 1 aromatic carbocycles. The average molecular weight is 293 g/mol. The molecular formula is C13H13BrN2O. The summed E-state index contributed by atoms with van der Waals surface area (Å²) in [6, 6.07) is 9.50. The number of nitrogens with two attached hydrogens (primary N) is 1. The van der Waals surface area contributed by atoms with Gasteiger partial charge >= 0.3 is 0 Å². The van der Waals surface area contributed by atoms with Crippen molar-refractivity contribution in [3.05, 3.63) is 46.1 Å². The van der Waals surface area contributed by atoms with Crippen LogP contribution in [0, 0.1) is 13.8 Å². The van der Waals surface area contributed by atoms with E-state index >= 15 is 0 Å². The van der Waals surface area contributed by atoms with Gasteiger partial charge in [-0.2, -0.15) is 0 Å². The summed E-state index contributed by atoms with van der Waals surface area (Å²) in [6.07, 6.45) is 0. The lowest BCUT2D eigenvalue weighted by Gasteiger charge is -2.09. The Balaban J connectivity index is 2.34. The number of anilines is 1. The molecule has 0 fully saturated rings. The largest absolute Gasteiger partial charge is 0.436 e. The first-order valence-electron chi connectivity index (χ1n) is 5.23. The molecular weight excluding hydrogens is 280 g/mol. The van der Waals surface area contributed by atoms with E-state index in [0.29, 0.717) is 17.3 Å². The van der Waals surface area contributed by atoms with E-state index in [1.54, 1.807) is 6.07 Å². The molecule has 0 saturated heterocycles. The number of hydrogen-bond donors (Lipinski definition) is 1. The van der Waals surface area contributed by atoms with E-state index in [2.05, 4.69) is 20.9 Å². The van der Waals surface area contributed by atoms with Crippen LogP contribution in [0.4, 0.5) is 5.69 Å². The van der Waals surface area contributed by atoms with E-state index in [1.807, 2.05) is 38.1 Å². The molecule has 0 aliphatic rings. The van der Waals surface area contributed by atoms with Gasteiger partial charge in [-0.1, -0.05) is 6.07 Å². The van der Waals surface area contributed by atoms with Gasteiger partial charge in [-0.15, -0.1) is 0 Å². The lowest BCUT2D eigenvalue weighted by Crippen LogP contribution is -1.96. The highest BCUT2D eigenvalue weighted by atomic mass is 79.9. The van der Waals surface area contributed by atoms with Crippen molar-refractivity contribution in [3.63, 3.8) is 0 Å². The highest BCUT2D eigenvalue weighted by molar-refractivity contribution is 9.10. The zero-order chi connectivity index (χ0) is 12.4. The molecule has 2 aromatic rings. The molecule has 0 atom stereocenters. The molecule has 2 N–H and O–H groups in total. The zero-order valence-electron chi connectivity index (χ0n) is 9.70. The van der Waals surface area contributed by atoms with Crippen molar-refractivity contribution in [1.82, 2.24) is 4.98 Å². The Morgan fingerprint density at radius 2 is 1.94 bits per heavy atom. The van der Waals surface area contributed by atoms with Crippen LogP contribution in [0.5, 0.6) is 11.6 Å². The summed E-state index contributed by atoms with van der Waals surface area (Å²) in [6.45, 7) is 3.92. The van der Waals surface area contributed by atoms with Gasteiger partial charge < -0.3 is 10.5 Å². The summed E-state index contributed by atoms with van der Waals surface area (Å²) in [4.78, 5) is 4.26. The number of aromatic nitrogens is 1. The molecule has 0 spiro atoms. The van der Waals surface area contributed by atoms with Gasteiger partial charge in [0.05, 0.1) is 10.2 Å². The fraction of sp³-hybridized carbons (Fsp3) is 0.154. The molecule has 17 heavy (non-hydrogen) atoms. The highest BCUT2D eigenvalue weighted by Gasteiger charge is 2.07. The summed E-state index contributed by atoms with van der Waals surface area (Å²) in [5, 5.41) is 0. The molecule has 0 amide bonds. The van der Waals surface area contributed by atoms with Crippen LogP contribution in [0.1, 0.15) is 11.3 Å². The molecule has 1 aromatic heterocycles. The summed E-state index contributed by atoms with van der Waals surface area (Å²) in [5.41, 5.74) is 8.38. The number of benzene rings is 1. The zero-order valence-corrected chi connectivity index (χ0v) is 11.3. The second-order valence-electron chi connectivity index (χ2n) is 3.88. The van der Waals surface area contributed by atoms with Gasteiger partial charge in [-0.3, -0.25) is 0 Å². The Bertz CT molecular complexity index is 555. The average Bonchev–Trinajstić information content (AvgIpc) is 2.27. The summed E-state index contributed by atoms with van der Waals surface area (Å²) in [5.74, 6) is 1.15. The van der Waals surface area contributed by atoms with Crippen LogP contribution in [-0.2, 0) is 0 Å². The van der Waals surface area contributed by atoms with E-state index < -0.39 is 0 Å².